The van der Waals surface area contributed by atoms with E-state index in [1.165, 1.54) is 32.4 Å². The summed E-state index contributed by atoms with van der Waals surface area (Å²) >= 11 is 0. The lowest BCUT2D eigenvalue weighted by Crippen LogP contribution is -2.65. The molecular weight excluding hydrogens is 533 g/mol. The highest BCUT2D eigenvalue weighted by atomic mass is 19.1. The number of imidazole rings is 1. The topological polar surface area (TPSA) is 99.8 Å². The van der Waals surface area contributed by atoms with E-state index in [2.05, 4.69) is 44.4 Å². The number of piperidine rings is 1. The monoisotopic (exact) mass is 579 g/mol. The normalized spacial score (nSPS) is 30.6. The van der Waals surface area contributed by atoms with Gasteiger partial charge in [0, 0.05) is 38.1 Å². The fourth-order valence-corrected chi connectivity index (χ4v) is 8.40. The average molecular weight is 580 g/mol. The van der Waals surface area contributed by atoms with E-state index in [1.54, 1.807) is 12.1 Å². The molecule has 0 bridgehead atoms. The van der Waals surface area contributed by atoms with Crippen LogP contribution in [0.15, 0.2) is 12.1 Å². The van der Waals surface area contributed by atoms with E-state index in [0.717, 1.165) is 80.2 Å². The molecule has 7 rings (SSSR count). The molecule has 9 nitrogen and oxygen atoms in total. The van der Waals surface area contributed by atoms with Crippen molar-refractivity contribution < 1.29 is 14.3 Å². The lowest BCUT2D eigenvalue weighted by atomic mass is 9.73. The van der Waals surface area contributed by atoms with Crippen molar-refractivity contribution in [1.29, 1.82) is 0 Å². The number of phenolic OH excluding ortho intramolecular Hbond substituents is 1. The summed E-state index contributed by atoms with van der Waals surface area (Å²) in [5.41, 5.74) is 11.3. The van der Waals surface area contributed by atoms with Gasteiger partial charge in [-0.15, -0.1) is 0 Å². The Balaban J connectivity index is 1.01. The first kappa shape index (κ1) is 28.3. The standard InChI is InChI=1S/C32H46FN7O2/c1-3-19-13-29(41)24(33)14-23(19)20-8-9-22-25(12-20)36-37-30(22)31-34-26-15-28(38(4-2)18-27(26)35-31)32(42)40-16-21(17-40)39-10-6-5-7-11-39/h13-14,20-22,25,28,30,36-37,41H,3-12,15-18H2,1-2H3,(H,34,35)/t20?,22?,25?,28-,30?/m0/s1. The molecule has 1 aliphatic carbocycles. The van der Waals surface area contributed by atoms with Gasteiger partial charge >= 0.3 is 0 Å². The van der Waals surface area contributed by atoms with E-state index >= 15 is 0 Å². The van der Waals surface area contributed by atoms with Gasteiger partial charge in [0.15, 0.2) is 11.6 Å². The third kappa shape index (κ3) is 5.04. The molecule has 5 heterocycles. The predicted molar refractivity (Wildman–Crippen MR) is 158 cm³/mol. The second-order valence-corrected chi connectivity index (χ2v) is 13.2. The molecule has 228 valence electrons. The number of likely N-dealkylation sites (N-methyl/N-ethyl adjacent to an activating group) is 1. The average Bonchev–Trinajstić information content (AvgIpc) is 3.60. The number of H-pyrrole nitrogens is 1. The number of phenols is 1. The van der Waals surface area contributed by atoms with Gasteiger partial charge in [0.2, 0.25) is 5.91 Å². The number of rotatable bonds is 6. The fourth-order valence-electron chi connectivity index (χ4n) is 8.40. The third-order valence-corrected chi connectivity index (χ3v) is 10.9. The number of hydrogen-bond donors (Lipinski definition) is 4. The molecular formula is C32H46FN7O2. The van der Waals surface area contributed by atoms with E-state index < -0.39 is 5.82 Å². The summed E-state index contributed by atoms with van der Waals surface area (Å²) in [6.07, 6.45) is 8.24. The van der Waals surface area contributed by atoms with E-state index in [4.69, 9.17) is 4.98 Å². The summed E-state index contributed by atoms with van der Waals surface area (Å²) in [4.78, 5) is 29.3. The quantitative estimate of drug-likeness (QED) is 0.417. The Morgan fingerprint density at radius 3 is 2.69 bits per heavy atom. The van der Waals surface area contributed by atoms with Crippen LogP contribution in [-0.4, -0.2) is 86.5 Å². The predicted octanol–water partition coefficient (Wildman–Crippen LogP) is 3.36. The highest BCUT2D eigenvalue weighted by molar-refractivity contribution is 5.83. The van der Waals surface area contributed by atoms with Crippen molar-refractivity contribution in [3.05, 3.63) is 46.3 Å². The Hall–Kier alpha value is -2.53. The first-order valence-electron chi connectivity index (χ1n) is 16.3. The van der Waals surface area contributed by atoms with Crippen LogP contribution in [0.3, 0.4) is 0 Å². The van der Waals surface area contributed by atoms with Crippen molar-refractivity contribution in [3.63, 3.8) is 0 Å². The van der Waals surface area contributed by atoms with E-state index in [0.29, 0.717) is 18.4 Å². The largest absolute Gasteiger partial charge is 0.505 e. The number of carbonyl (C=O) groups is 1. The summed E-state index contributed by atoms with van der Waals surface area (Å²) in [5.74, 6) is 1.07. The van der Waals surface area contributed by atoms with Crippen LogP contribution in [0.4, 0.5) is 4.39 Å². The number of benzene rings is 1. The number of nitrogens with one attached hydrogen (secondary N) is 3. The number of fused-ring (bicyclic) bond motifs is 2. The maximum Gasteiger partial charge on any atom is 0.240 e. The highest BCUT2D eigenvalue weighted by Crippen LogP contribution is 2.45. The van der Waals surface area contributed by atoms with Gasteiger partial charge in [-0.1, -0.05) is 20.3 Å². The summed E-state index contributed by atoms with van der Waals surface area (Å²) in [5, 5.41) is 9.88. The van der Waals surface area contributed by atoms with Crippen molar-refractivity contribution in [2.45, 2.75) is 102 Å². The molecule has 1 aromatic heterocycles. The second kappa shape index (κ2) is 11.5. The molecule has 4 fully saturated rings. The number of carbonyl (C=O) groups excluding carboxylic acids is 1. The molecule has 42 heavy (non-hydrogen) atoms. The summed E-state index contributed by atoms with van der Waals surface area (Å²) < 4.78 is 14.3. The lowest BCUT2D eigenvalue weighted by Gasteiger charge is -2.48. The first-order chi connectivity index (χ1) is 20.4. The molecule has 4 N–H and O–H groups in total. The van der Waals surface area contributed by atoms with Crippen LogP contribution in [0.5, 0.6) is 5.75 Å². The second-order valence-electron chi connectivity index (χ2n) is 13.2. The van der Waals surface area contributed by atoms with Gasteiger partial charge in [-0.05, 0) is 93.3 Å². The van der Waals surface area contributed by atoms with Gasteiger partial charge in [0.25, 0.3) is 0 Å². The van der Waals surface area contributed by atoms with Crippen LogP contribution in [0, 0.1) is 11.7 Å². The number of aromatic hydroxyl groups is 1. The fraction of sp³-hybridized carbons (Fsp3) is 0.688. The van der Waals surface area contributed by atoms with Crippen molar-refractivity contribution in [1.82, 2.24) is 35.5 Å². The van der Waals surface area contributed by atoms with Gasteiger partial charge in [-0.2, -0.15) is 0 Å². The molecule has 5 atom stereocenters. The Morgan fingerprint density at radius 2 is 1.93 bits per heavy atom. The Kier molecular flexibility index (Phi) is 7.75. The van der Waals surface area contributed by atoms with Gasteiger partial charge < -0.3 is 15.0 Å². The molecule has 1 saturated carbocycles. The minimum Gasteiger partial charge on any atom is -0.505 e. The van der Waals surface area contributed by atoms with Crippen LogP contribution in [-0.2, 0) is 24.2 Å². The zero-order valence-corrected chi connectivity index (χ0v) is 25.0. The Bertz CT molecular complexity index is 1300. The minimum absolute atomic E-state index is 0.0775. The molecule has 0 spiro atoms. The third-order valence-electron chi connectivity index (χ3n) is 10.9. The number of halogens is 1. The molecule has 3 saturated heterocycles. The number of aryl methyl sites for hydroxylation is 1. The molecule has 2 aromatic rings. The van der Waals surface area contributed by atoms with Gasteiger partial charge in [-0.25, -0.2) is 14.8 Å². The Labute approximate surface area is 248 Å². The molecule has 0 radical (unpaired) electrons. The van der Waals surface area contributed by atoms with Crippen LogP contribution in [0.25, 0.3) is 0 Å². The van der Waals surface area contributed by atoms with Gasteiger partial charge in [-0.3, -0.25) is 20.0 Å². The van der Waals surface area contributed by atoms with Crippen molar-refractivity contribution in [2.75, 3.05) is 32.7 Å². The van der Waals surface area contributed by atoms with E-state index in [-0.39, 0.29) is 35.7 Å². The number of nitrogens with zero attached hydrogens (tertiary/aromatic N) is 4. The molecule has 1 amide bonds. The molecule has 4 unspecified atom stereocenters. The number of likely N-dealkylation sites (tertiary alicyclic amines) is 2. The zero-order valence-electron chi connectivity index (χ0n) is 25.0. The molecule has 10 heteroatoms. The number of aromatic amines is 1. The van der Waals surface area contributed by atoms with Crippen LogP contribution < -0.4 is 10.9 Å². The number of aromatic nitrogens is 2. The number of amides is 1. The smallest absolute Gasteiger partial charge is 0.240 e. The summed E-state index contributed by atoms with van der Waals surface area (Å²) in [6.45, 7) is 9.84. The van der Waals surface area contributed by atoms with E-state index in [1.807, 2.05) is 0 Å². The highest BCUT2D eigenvalue weighted by Gasteiger charge is 2.45. The number of hydrogen-bond acceptors (Lipinski definition) is 7. The van der Waals surface area contributed by atoms with Gasteiger partial charge in [0.05, 0.1) is 23.5 Å². The molecule has 5 aliphatic rings. The van der Waals surface area contributed by atoms with Crippen LogP contribution >= 0.6 is 0 Å². The zero-order chi connectivity index (χ0) is 29.0. The summed E-state index contributed by atoms with van der Waals surface area (Å²) in [6, 6.07) is 3.88. The number of hydrazine groups is 1. The lowest BCUT2D eigenvalue weighted by molar-refractivity contribution is -0.145. The van der Waals surface area contributed by atoms with Gasteiger partial charge in [0.1, 0.15) is 5.82 Å². The molecule has 4 aliphatic heterocycles. The van der Waals surface area contributed by atoms with Crippen molar-refractivity contribution >= 4 is 5.91 Å². The summed E-state index contributed by atoms with van der Waals surface area (Å²) in [7, 11) is 0. The maximum absolute atomic E-state index is 14.3. The van der Waals surface area contributed by atoms with Crippen LogP contribution in [0.2, 0.25) is 0 Å². The first-order valence-corrected chi connectivity index (χ1v) is 16.3. The SMILES string of the molecule is CCc1cc(O)c(F)cc1C1CCC2C(C1)NNC2c1nc2c([nH]1)CN(CC)[C@H](C(=O)N1CC(N3CCCCC3)C1)C2. The minimum atomic E-state index is -0.533. The maximum atomic E-state index is 14.3. The van der Waals surface area contributed by atoms with Crippen LogP contribution in [0.1, 0.15) is 92.7 Å². The van der Waals surface area contributed by atoms with E-state index in [9.17, 15) is 14.3 Å². The van der Waals surface area contributed by atoms with Crippen molar-refractivity contribution in [3.8, 4) is 5.75 Å². The molecule has 1 aromatic carbocycles. The Morgan fingerprint density at radius 1 is 1.12 bits per heavy atom. The van der Waals surface area contributed by atoms with Crippen molar-refractivity contribution in [2.24, 2.45) is 5.92 Å².